The number of methoxy groups -OCH3 is 1. The Morgan fingerprint density at radius 1 is 1.26 bits per heavy atom. The number of allylic oxidation sites excluding steroid dienone is 2. The Bertz CT molecular complexity index is 422. The summed E-state index contributed by atoms with van der Waals surface area (Å²) < 4.78 is 4.88. The zero-order valence-electron chi connectivity index (χ0n) is 11.5. The lowest BCUT2D eigenvalue weighted by molar-refractivity contribution is -0.146. The Labute approximate surface area is 115 Å². The number of carbonyl (C=O) groups excluding carboxylic acids is 1. The molecule has 2 unspecified atom stereocenters. The third-order valence-electron chi connectivity index (χ3n) is 3.96. The van der Waals surface area contributed by atoms with Crippen LogP contribution in [0.1, 0.15) is 31.2 Å². The second-order valence-electron chi connectivity index (χ2n) is 5.22. The van der Waals surface area contributed by atoms with Gasteiger partial charge >= 0.3 is 5.97 Å². The molecule has 0 heterocycles. The van der Waals surface area contributed by atoms with Gasteiger partial charge in [-0.15, -0.1) is 0 Å². The molecule has 0 radical (unpaired) electrons. The smallest absolute Gasteiger partial charge is 0.308 e. The van der Waals surface area contributed by atoms with Gasteiger partial charge in [0.2, 0.25) is 0 Å². The molecular weight excluding hydrogens is 236 g/mol. The van der Waals surface area contributed by atoms with Crippen molar-refractivity contribution in [2.75, 3.05) is 7.11 Å². The number of hydrogen-bond donors (Lipinski definition) is 0. The molecule has 0 bridgehead atoms. The van der Waals surface area contributed by atoms with E-state index in [9.17, 15) is 4.79 Å². The Morgan fingerprint density at radius 2 is 2.05 bits per heavy atom. The van der Waals surface area contributed by atoms with Gasteiger partial charge in [-0.1, -0.05) is 48.9 Å². The van der Waals surface area contributed by atoms with Crippen molar-refractivity contribution in [2.45, 2.75) is 32.1 Å². The van der Waals surface area contributed by atoms with Crippen LogP contribution >= 0.6 is 0 Å². The van der Waals surface area contributed by atoms with E-state index in [-0.39, 0.29) is 11.9 Å². The van der Waals surface area contributed by atoms with Gasteiger partial charge in [0.1, 0.15) is 0 Å². The molecule has 0 saturated heterocycles. The molecular formula is C17H22O2. The molecule has 0 spiro atoms. The Hall–Kier alpha value is -1.57. The van der Waals surface area contributed by atoms with Crippen molar-refractivity contribution in [3.05, 3.63) is 48.0 Å². The topological polar surface area (TPSA) is 26.3 Å². The lowest BCUT2D eigenvalue weighted by Gasteiger charge is -2.15. The summed E-state index contributed by atoms with van der Waals surface area (Å²) in [5.74, 6) is 0.560. The first kappa shape index (κ1) is 13.9. The van der Waals surface area contributed by atoms with E-state index in [1.807, 2.05) is 6.07 Å². The fourth-order valence-corrected chi connectivity index (χ4v) is 2.89. The number of rotatable bonds is 5. The summed E-state index contributed by atoms with van der Waals surface area (Å²) in [5.41, 5.74) is 1.33. The SMILES string of the molecule is COC(=O)C1CCCC1CC=CCc1ccccc1. The molecule has 1 aromatic carbocycles. The summed E-state index contributed by atoms with van der Waals surface area (Å²) in [6.07, 6.45) is 9.68. The van der Waals surface area contributed by atoms with Crippen LogP contribution < -0.4 is 0 Å². The summed E-state index contributed by atoms with van der Waals surface area (Å²) in [5, 5.41) is 0. The second-order valence-corrected chi connectivity index (χ2v) is 5.22. The molecule has 0 N–H and O–H groups in total. The van der Waals surface area contributed by atoms with Gasteiger partial charge in [0, 0.05) is 0 Å². The second kappa shape index (κ2) is 7.13. The summed E-state index contributed by atoms with van der Waals surface area (Å²) in [4.78, 5) is 11.6. The van der Waals surface area contributed by atoms with Crippen molar-refractivity contribution < 1.29 is 9.53 Å². The lowest BCUT2D eigenvalue weighted by Crippen LogP contribution is -2.19. The fourth-order valence-electron chi connectivity index (χ4n) is 2.89. The Morgan fingerprint density at radius 3 is 2.79 bits per heavy atom. The molecule has 0 amide bonds. The maximum absolute atomic E-state index is 11.6. The highest BCUT2D eigenvalue weighted by molar-refractivity contribution is 5.73. The van der Waals surface area contributed by atoms with Crippen LogP contribution in [-0.4, -0.2) is 13.1 Å². The minimum Gasteiger partial charge on any atom is -0.469 e. The molecule has 1 aliphatic rings. The maximum Gasteiger partial charge on any atom is 0.308 e. The molecule has 1 fully saturated rings. The van der Waals surface area contributed by atoms with Crippen molar-refractivity contribution >= 4 is 5.97 Å². The van der Waals surface area contributed by atoms with Crippen LogP contribution in [0.3, 0.4) is 0 Å². The molecule has 1 aromatic rings. The molecule has 2 nitrogen and oxygen atoms in total. The average molecular weight is 258 g/mol. The first-order chi connectivity index (χ1) is 9.31. The summed E-state index contributed by atoms with van der Waals surface area (Å²) in [7, 11) is 1.49. The van der Waals surface area contributed by atoms with E-state index in [1.54, 1.807) is 0 Å². The van der Waals surface area contributed by atoms with E-state index in [1.165, 1.54) is 12.7 Å². The third kappa shape index (κ3) is 3.95. The van der Waals surface area contributed by atoms with Gasteiger partial charge in [-0.2, -0.15) is 0 Å². The van der Waals surface area contributed by atoms with Crippen LogP contribution in [0.2, 0.25) is 0 Å². The van der Waals surface area contributed by atoms with Gasteiger partial charge in [-0.3, -0.25) is 4.79 Å². The largest absolute Gasteiger partial charge is 0.469 e. The fraction of sp³-hybridized carbons (Fsp3) is 0.471. The zero-order valence-corrected chi connectivity index (χ0v) is 11.5. The molecule has 1 aliphatic carbocycles. The Kier molecular flexibility index (Phi) is 5.20. The average Bonchev–Trinajstić information content (AvgIpc) is 2.92. The molecule has 102 valence electrons. The van der Waals surface area contributed by atoms with Crippen molar-refractivity contribution in [2.24, 2.45) is 11.8 Å². The van der Waals surface area contributed by atoms with Crippen molar-refractivity contribution in [3.8, 4) is 0 Å². The summed E-state index contributed by atoms with van der Waals surface area (Å²) in [6.45, 7) is 0. The van der Waals surface area contributed by atoms with Gasteiger partial charge in [-0.25, -0.2) is 0 Å². The summed E-state index contributed by atoms with van der Waals surface area (Å²) in [6, 6.07) is 10.4. The standard InChI is InChI=1S/C17H22O2/c1-19-17(18)16-13-7-12-15(16)11-6-5-10-14-8-3-2-4-9-14/h2-6,8-9,15-16H,7,10-13H2,1H3. The normalized spacial score (nSPS) is 22.8. The predicted octanol–water partition coefficient (Wildman–Crippen LogP) is 3.76. The summed E-state index contributed by atoms with van der Waals surface area (Å²) >= 11 is 0. The van der Waals surface area contributed by atoms with Crippen molar-refractivity contribution in [1.29, 1.82) is 0 Å². The van der Waals surface area contributed by atoms with Crippen LogP contribution in [0.15, 0.2) is 42.5 Å². The number of ether oxygens (including phenoxy) is 1. The molecule has 2 rings (SSSR count). The highest BCUT2D eigenvalue weighted by atomic mass is 16.5. The van der Waals surface area contributed by atoms with E-state index >= 15 is 0 Å². The van der Waals surface area contributed by atoms with Gasteiger partial charge < -0.3 is 4.74 Å². The van der Waals surface area contributed by atoms with Crippen LogP contribution in [0.4, 0.5) is 0 Å². The number of esters is 1. The van der Waals surface area contributed by atoms with Crippen molar-refractivity contribution in [3.63, 3.8) is 0 Å². The minimum atomic E-state index is -0.0287. The quantitative estimate of drug-likeness (QED) is 0.593. The van der Waals surface area contributed by atoms with Crippen LogP contribution in [-0.2, 0) is 16.0 Å². The van der Waals surface area contributed by atoms with Gasteiger partial charge in [0.05, 0.1) is 13.0 Å². The van der Waals surface area contributed by atoms with E-state index < -0.39 is 0 Å². The van der Waals surface area contributed by atoms with Crippen LogP contribution in [0.25, 0.3) is 0 Å². The molecule has 0 aromatic heterocycles. The van der Waals surface area contributed by atoms with Gasteiger partial charge in [0.15, 0.2) is 0 Å². The minimum absolute atomic E-state index is 0.0287. The van der Waals surface area contributed by atoms with E-state index in [2.05, 4.69) is 36.4 Å². The van der Waals surface area contributed by atoms with E-state index in [4.69, 9.17) is 4.74 Å². The molecule has 2 atom stereocenters. The molecule has 2 heteroatoms. The number of carbonyl (C=O) groups is 1. The predicted molar refractivity (Wildman–Crippen MR) is 76.8 cm³/mol. The van der Waals surface area contributed by atoms with E-state index in [0.29, 0.717) is 5.92 Å². The molecule has 1 saturated carbocycles. The maximum atomic E-state index is 11.6. The van der Waals surface area contributed by atoms with Gasteiger partial charge in [-0.05, 0) is 37.2 Å². The van der Waals surface area contributed by atoms with Crippen LogP contribution in [0, 0.1) is 11.8 Å². The van der Waals surface area contributed by atoms with Crippen molar-refractivity contribution in [1.82, 2.24) is 0 Å². The third-order valence-corrected chi connectivity index (χ3v) is 3.96. The first-order valence-electron chi connectivity index (χ1n) is 7.08. The van der Waals surface area contributed by atoms with E-state index in [0.717, 1.165) is 32.1 Å². The number of hydrogen-bond acceptors (Lipinski definition) is 2. The first-order valence-corrected chi connectivity index (χ1v) is 7.08. The highest BCUT2D eigenvalue weighted by Gasteiger charge is 2.32. The highest BCUT2D eigenvalue weighted by Crippen LogP contribution is 2.35. The monoisotopic (exact) mass is 258 g/mol. The lowest BCUT2D eigenvalue weighted by atomic mass is 9.92. The van der Waals surface area contributed by atoms with Gasteiger partial charge in [0.25, 0.3) is 0 Å². The number of benzene rings is 1. The zero-order chi connectivity index (χ0) is 13.5. The van der Waals surface area contributed by atoms with Crippen LogP contribution in [0.5, 0.6) is 0 Å². The Balaban J connectivity index is 1.80. The molecule has 0 aliphatic heterocycles. The molecule has 19 heavy (non-hydrogen) atoms.